The van der Waals surface area contributed by atoms with Crippen LogP contribution in [0.1, 0.15) is 91.4 Å². The molecule has 0 spiro atoms. The van der Waals surface area contributed by atoms with E-state index in [9.17, 15) is 24.9 Å². The molecule has 0 fully saturated rings. The lowest BCUT2D eigenvalue weighted by Gasteiger charge is -2.34. The number of allylic oxidation sites excluding steroid dienone is 9. The van der Waals surface area contributed by atoms with Crippen LogP contribution in [0.15, 0.2) is 73.7 Å². The average molecular weight is 533 g/mol. The minimum absolute atomic E-state index is 0.0227. The van der Waals surface area contributed by atoms with Gasteiger partial charge in [-0.25, -0.2) is 0 Å². The van der Waals surface area contributed by atoms with E-state index in [0.717, 1.165) is 49.0 Å². The Morgan fingerprint density at radius 2 is 1.36 bits per heavy atom. The Morgan fingerprint density at radius 1 is 0.821 bits per heavy atom. The van der Waals surface area contributed by atoms with Gasteiger partial charge in [-0.2, -0.15) is 0 Å². The maximum Gasteiger partial charge on any atom is 0.208 e. The van der Waals surface area contributed by atoms with Crippen molar-refractivity contribution < 1.29 is 24.5 Å². The summed E-state index contributed by atoms with van der Waals surface area (Å²) < 4.78 is 5.93. The summed E-state index contributed by atoms with van der Waals surface area (Å²) in [6.45, 7) is 12.2. The Morgan fingerprint density at radius 3 is 1.87 bits per heavy atom. The van der Waals surface area contributed by atoms with Gasteiger partial charge in [0.1, 0.15) is 28.2 Å². The number of carbonyl (C=O) groups excluding carboxylic acids is 1. The van der Waals surface area contributed by atoms with Gasteiger partial charge in [0.05, 0.1) is 11.0 Å². The summed E-state index contributed by atoms with van der Waals surface area (Å²) in [5.74, 6) is -1.68. The Hall–Kier alpha value is -3.80. The minimum atomic E-state index is -1.41. The van der Waals surface area contributed by atoms with Gasteiger partial charge < -0.3 is 19.7 Å². The first-order chi connectivity index (χ1) is 18.4. The van der Waals surface area contributed by atoms with Gasteiger partial charge in [-0.1, -0.05) is 46.6 Å². The molecule has 6 heteroatoms. The van der Waals surface area contributed by atoms with Crippen LogP contribution in [0.3, 0.4) is 0 Å². The Bertz CT molecular complexity index is 1430. The maximum absolute atomic E-state index is 13.9. The van der Waals surface area contributed by atoms with Crippen molar-refractivity contribution in [2.75, 3.05) is 0 Å². The Balaban J connectivity index is 2.20. The van der Waals surface area contributed by atoms with E-state index in [-0.39, 0.29) is 40.9 Å². The highest BCUT2D eigenvalue weighted by Gasteiger charge is 2.47. The van der Waals surface area contributed by atoms with E-state index in [2.05, 4.69) is 12.2 Å². The monoisotopic (exact) mass is 532 g/mol. The quantitative estimate of drug-likeness (QED) is 0.267. The van der Waals surface area contributed by atoms with E-state index < -0.39 is 28.1 Å². The van der Waals surface area contributed by atoms with E-state index in [1.165, 1.54) is 17.2 Å². The molecule has 0 amide bonds. The fraction of sp³-hybridized carbons (Fsp3) is 0.394. The second kappa shape index (κ2) is 12.4. The Labute approximate surface area is 230 Å². The van der Waals surface area contributed by atoms with Gasteiger partial charge in [-0.3, -0.25) is 9.59 Å². The normalized spacial score (nSPS) is 17.6. The van der Waals surface area contributed by atoms with Crippen LogP contribution >= 0.6 is 0 Å². The number of fused-ring (bicyclic) bond motifs is 2. The lowest BCUT2D eigenvalue weighted by atomic mass is 9.67. The summed E-state index contributed by atoms with van der Waals surface area (Å²) in [5.41, 5.74) is 2.72. The number of aromatic hydroxyl groups is 2. The number of hydrogen-bond acceptors (Lipinski definition) is 6. The number of phenols is 2. The number of phenolic OH excluding ortho intramolecular Hbond substituents is 2. The first-order valence-electron chi connectivity index (χ1n) is 13.4. The van der Waals surface area contributed by atoms with Gasteiger partial charge in [-0.05, 0) is 80.1 Å². The van der Waals surface area contributed by atoms with Crippen molar-refractivity contribution in [3.05, 3.63) is 86.0 Å². The second-order valence-electron chi connectivity index (χ2n) is 11.1. The fourth-order valence-corrected chi connectivity index (χ4v) is 4.96. The molecule has 0 aliphatic heterocycles. The first kappa shape index (κ1) is 29.8. The zero-order valence-electron chi connectivity index (χ0n) is 23.9. The van der Waals surface area contributed by atoms with Crippen LogP contribution in [-0.2, 0) is 10.2 Å². The molecule has 0 radical (unpaired) electrons. The number of aliphatic hydroxyl groups is 1. The highest BCUT2D eigenvalue weighted by Crippen LogP contribution is 2.43. The van der Waals surface area contributed by atoms with E-state index in [4.69, 9.17) is 4.42 Å². The van der Waals surface area contributed by atoms with Crippen molar-refractivity contribution in [2.24, 2.45) is 0 Å². The average Bonchev–Trinajstić information content (AvgIpc) is 2.83. The van der Waals surface area contributed by atoms with Crippen LogP contribution in [0, 0.1) is 0 Å². The van der Waals surface area contributed by atoms with Crippen LogP contribution in [-0.4, -0.2) is 21.1 Å². The second-order valence-corrected chi connectivity index (χ2v) is 11.1. The van der Waals surface area contributed by atoms with Crippen LogP contribution in [0.25, 0.3) is 17.0 Å². The smallest absolute Gasteiger partial charge is 0.208 e. The topological polar surface area (TPSA) is 108 Å². The summed E-state index contributed by atoms with van der Waals surface area (Å²) in [7, 11) is 0. The molecule has 3 rings (SSSR count). The molecule has 0 saturated carbocycles. The Kier molecular flexibility index (Phi) is 9.44. The lowest BCUT2D eigenvalue weighted by Crippen LogP contribution is -2.43. The van der Waals surface area contributed by atoms with Crippen molar-refractivity contribution in [3.63, 3.8) is 0 Å². The summed E-state index contributed by atoms with van der Waals surface area (Å²) in [6, 6.07) is 2.31. The van der Waals surface area contributed by atoms with Gasteiger partial charge in [0.2, 0.25) is 11.2 Å². The predicted octanol–water partition coefficient (Wildman–Crippen LogP) is 8.09. The van der Waals surface area contributed by atoms with Crippen molar-refractivity contribution in [2.45, 2.75) is 85.5 Å². The van der Waals surface area contributed by atoms with E-state index in [1.54, 1.807) is 0 Å². The molecule has 0 atom stereocenters. The molecule has 39 heavy (non-hydrogen) atoms. The van der Waals surface area contributed by atoms with Crippen LogP contribution in [0.5, 0.6) is 11.5 Å². The van der Waals surface area contributed by atoms with Crippen molar-refractivity contribution in [1.82, 2.24) is 0 Å². The molecule has 1 heterocycles. The summed E-state index contributed by atoms with van der Waals surface area (Å²) in [4.78, 5) is 27.7. The lowest BCUT2D eigenvalue weighted by molar-refractivity contribution is -0.123. The van der Waals surface area contributed by atoms with Gasteiger partial charge in [-0.15, -0.1) is 0 Å². The largest absolute Gasteiger partial charge is 0.508 e. The van der Waals surface area contributed by atoms with Gasteiger partial charge >= 0.3 is 0 Å². The molecule has 1 aromatic carbocycles. The van der Waals surface area contributed by atoms with Gasteiger partial charge in [0.25, 0.3) is 0 Å². The molecular weight excluding hydrogens is 492 g/mol. The third-order valence-electron chi connectivity index (χ3n) is 7.18. The summed E-state index contributed by atoms with van der Waals surface area (Å²) >= 11 is 0. The van der Waals surface area contributed by atoms with Crippen LogP contribution < -0.4 is 5.43 Å². The summed E-state index contributed by atoms with van der Waals surface area (Å²) in [5, 5.41) is 31.1. The predicted molar refractivity (Wildman–Crippen MR) is 157 cm³/mol. The van der Waals surface area contributed by atoms with Gasteiger partial charge in [0.15, 0.2) is 5.76 Å². The standard InChI is InChI=1S/C33H40O6/c1-20(2)9-7-11-22(5)13-15-33(16-14-23(6)12-8-10-21(3)4)30-28(19-26(36)32(33)38)39-27-18-24(34)17-25(35)29(27)31(30)37/h9-10,13-14,17-19,34-36H,7-8,11-12,15-16H2,1-6H3. The van der Waals surface area contributed by atoms with Crippen molar-refractivity contribution in [3.8, 4) is 11.5 Å². The fourth-order valence-electron chi connectivity index (χ4n) is 4.96. The number of Topliss-reactive ketones (excluding diaryl/α,β-unsaturated/α-hetero) is 1. The number of hydrogen-bond donors (Lipinski definition) is 3. The number of carbonyl (C=O) groups is 1. The summed E-state index contributed by atoms with van der Waals surface area (Å²) in [6.07, 6.45) is 13.1. The SMILES string of the molecule is CC(C)=CCCC(C)=CCC1(CC=C(C)CCC=C(C)C)C(=O)C(O)=Cc2oc3cc(O)cc(O)c3c(=O)c21. The molecule has 0 saturated heterocycles. The van der Waals surface area contributed by atoms with Gasteiger partial charge in [0, 0.05) is 18.2 Å². The number of rotatable bonds is 10. The molecule has 6 nitrogen and oxygen atoms in total. The molecule has 0 unspecified atom stereocenters. The van der Waals surface area contributed by atoms with E-state index in [1.807, 2.05) is 53.7 Å². The van der Waals surface area contributed by atoms with Crippen LogP contribution in [0.4, 0.5) is 0 Å². The first-order valence-corrected chi connectivity index (χ1v) is 13.4. The highest BCUT2D eigenvalue weighted by molar-refractivity contribution is 6.08. The maximum atomic E-state index is 13.9. The molecular formula is C33H40O6. The number of benzene rings is 1. The van der Waals surface area contributed by atoms with E-state index in [0.29, 0.717) is 0 Å². The molecule has 1 aliphatic carbocycles. The molecule has 1 aromatic heterocycles. The van der Waals surface area contributed by atoms with Crippen molar-refractivity contribution in [1.29, 1.82) is 0 Å². The zero-order chi connectivity index (χ0) is 28.9. The van der Waals surface area contributed by atoms with Crippen molar-refractivity contribution >= 4 is 22.8 Å². The number of ketones is 1. The highest BCUT2D eigenvalue weighted by atomic mass is 16.3. The molecule has 3 N–H and O–H groups in total. The third-order valence-corrected chi connectivity index (χ3v) is 7.18. The minimum Gasteiger partial charge on any atom is -0.508 e. The molecule has 208 valence electrons. The molecule has 1 aliphatic rings. The molecule has 2 aromatic rings. The third kappa shape index (κ3) is 6.80. The zero-order valence-corrected chi connectivity index (χ0v) is 23.9. The number of aliphatic hydroxyl groups excluding tert-OH is 1. The van der Waals surface area contributed by atoms with E-state index >= 15 is 0 Å². The molecule has 0 bridgehead atoms. The van der Waals surface area contributed by atoms with Crippen LogP contribution in [0.2, 0.25) is 0 Å².